The molecule has 142 valence electrons. The average molecular weight is 386 g/mol. The second kappa shape index (κ2) is 7.70. The zero-order valence-electron chi connectivity index (χ0n) is 14.9. The van der Waals surface area contributed by atoms with Gasteiger partial charge in [-0.15, -0.1) is 0 Å². The first-order valence-corrected chi connectivity index (χ1v) is 9.57. The van der Waals surface area contributed by atoms with E-state index in [2.05, 4.69) is 36.2 Å². The maximum atomic E-state index is 12.4. The minimum atomic E-state index is -5.65. The molecule has 0 N–H and O–H groups in total. The summed E-state index contributed by atoms with van der Waals surface area (Å²) in [7, 11) is -5.65. The van der Waals surface area contributed by atoms with Gasteiger partial charge >= 0.3 is 15.6 Å². The van der Waals surface area contributed by atoms with Crippen molar-refractivity contribution in [2.45, 2.75) is 45.5 Å². The summed E-state index contributed by atoms with van der Waals surface area (Å²) in [4.78, 5) is 0. The largest absolute Gasteiger partial charge is 0.534 e. The fourth-order valence-electron chi connectivity index (χ4n) is 2.58. The summed E-state index contributed by atoms with van der Waals surface area (Å²) in [6, 6.07) is 10.8. The van der Waals surface area contributed by atoms with Crippen LogP contribution < -0.4 is 4.18 Å². The second-order valence-corrected chi connectivity index (χ2v) is 7.89. The lowest BCUT2D eigenvalue weighted by molar-refractivity contribution is -0.0500. The predicted octanol–water partition coefficient (Wildman–Crippen LogP) is 5.02. The topological polar surface area (TPSA) is 43.4 Å². The molecule has 0 aliphatic rings. The Bertz CT molecular complexity index is 887. The van der Waals surface area contributed by atoms with Crippen LogP contribution in [0.2, 0.25) is 0 Å². The highest BCUT2D eigenvalue weighted by Crippen LogP contribution is 2.29. The third kappa shape index (κ3) is 5.00. The summed E-state index contributed by atoms with van der Waals surface area (Å²) < 4.78 is 63.6. The van der Waals surface area contributed by atoms with E-state index in [1.54, 1.807) is 12.1 Å². The van der Waals surface area contributed by atoms with E-state index in [9.17, 15) is 21.6 Å². The lowest BCUT2D eigenvalue weighted by atomic mass is 10.00. The van der Waals surface area contributed by atoms with Gasteiger partial charge in [-0.05, 0) is 73.9 Å². The molecule has 0 saturated heterocycles. The molecule has 7 heteroatoms. The molecule has 0 bridgehead atoms. The molecule has 0 aromatic heterocycles. The molecule has 0 heterocycles. The number of hydrogen-bond acceptors (Lipinski definition) is 3. The molecule has 2 aromatic carbocycles. The quantitative estimate of drug-likeness (QED) is 0.517. The van der Waals surface area contributed by atoms with Crippen molar-refractivity contribution in [2.24, 2.45) is 0 Å². The zero-order valence-corrected chi connectivity index (χ0v) is 15.7. The van der Waals surface area contributed by atoms with Crippen LogP contribution in [0, 0.1) is 20.8 Å². The van der Waals surface area contributed by atoms with Gasteiger partial charge in [-0.1, -0.05) is 30.3 Å². The van der Waals surface area contributed by atoms with Crippen LogP contribution in [0.1, 0.15) is 34.2 Å². The van der Waals surface area contributed by atoms with E-state index in [1.165, 1.54) is 29.7 Å². The van der Waals surface area contributed by atoms with E-state index in [1.807, 2.05) is 0 Å². The van der Waals surface area contributed by atoms with Gasteiger partial charge < -0.3 is 4.18 Å². The van der Waals surface area contributed by atoms with Crippen molar-refractivity contribution >= 4 is 10.1 Å². The molecule has 0 atom stereocenters. The third-order valence-electron chi connectivity index (χ3n) is 4.22. The fraction of sp³-hybridized carbons (Fsp3) is 0.368. The molecule has 3 nitrogen and oxygen atoms in total. The number of alkyl halides is 3. The number of rotatable bonds is 6. The van der Waals surface area contributed by atoms with Gasteiger partial charge in [0.1, 0.15) is 5.75 Å². The molecule has 0 aliphatic heterocycles. The van der Waals surface area contributed by atoms with Gasteiger partial charge in [0, 0.05) is 0 Å². The molecule has 0 radical (unpaired) electrons. The molecular weight excluding hydrogens is 365 g/mol. The lowest BCUT2D eigenvalue weighted by Gasteiger charge is -2.12. The Morgan fingerprint density at radius 2 is 1.38 bits per heavy atom. The van der Waals surface area contributed by atoms with Crippen molar-refractivity contribution in [2.75, 3.05) is 0 Å². The summed E-state index contributed by atoms with van der Waals surface area (Å²) in [5, 5.41) is 0. The summed E-state index contributed by atoms with van der Waals surface area (Å²) in [5.74, 6) is -0.305. The predicted molar refractivity (Wildman–Crippen MR) is 94.7 cm³/mol. The first-order chi connectivity index (χ1) is 12.0. The van der Waals surface area contributed by atoms with E-state index < -0.39 is 15.6 Å². The van der Waals surface area contributed by atoms with E-state index >= 15 is 0 Å². The van der Waals surface area contributed by atoms with Gasteiger partial charge in [0.05, 0.1) is 0 Å². The molecule has 26 heavy (non-hydrogen) atoms. The maximum Gasteiger partial charge on any atom is 0.534 e. The Hall–Kier alpha value is -2.02. The van der Waals surface area contributed by atoms with Crippen molar-refractivity contribution in [3.05, 3.63) is 64.2 Å². The van der Waals surface area contributed by atoms with Crippen molar-refractivity contribution in [3.63, 3.8) is 0 Å². The van der Waals surface area contributed by atoms with Gasteiger partial charge in [0.15, 0.2) is 0 Å². The fourth-order valence-corrected chi connectivity index (χ4v) is 3.10. The summed E-state index contributed by atoms with van der Waals surface area (Å²) in [6.45, 7) is 5.65. The number of halogens is 3. The van der Waals surface area contributed by atoms with Crippen molar-refractivity contribution in [3.8, 4) is 5.75 Å². The highest BCUT2D eigenvalue weighted by molar-refractivity contribution is 7.88. The van der Waals surface area contributed by atoms with Crippen LogP contribution in [0.4, 0.5) is 13.2 Å². The first kappa shape index (κ1) is 20.3. The standard InChI is InChI=1S/C19H21F3O3S/c1-13-7-8-16(11-14(13)2)5-4-6-17-9-10-18(15(3)12-17)25-26(23,24)19(20,21)22/h7-12H,4-6H2,1-3H3. The third-order valence-corrected chi connectivity index (χ3v) is 5.19. The molecule has 0 amide bonds. The van der Waals surface area contributed by atoms with Gasteiger partial charge in [0.25, 0.3) is 0 Å². The molecule has 0 spiro atoms. The Balaban J connectivity index is 2.00. The molecule has 2 rings (SSSR count). The van der Waals surface area contributed by atoms with Gasteiger partial charge in [0.2, 0.25) is 0 Å². The molecular formula is C19H21F3O3S. The summed E-state index contributed by atoms with van der Waals surface area (Å²) >= 11 is 0. The molecule has 0 fully saturated rings. The zero-order chi connectivity index (χ0) is 19.5. The minimum Gasteiger partial charge on any atom is -0.376 e. The summed E-state index contributed by atoms with van der Waals surface area (Å²) in [5.41, 5.74) is -0.449. The molecule has 0 unspecified atom stereocenters. The monoisotopic (exact) mass is 386 g/mol. The molecule has 2 aromatic rings. The lowest BCUT2D eigenvalue weighted by Crippen LogP contribution is -2.28. The van der Waals surface area contributed by atoms with Crippen LogP contribution in [-0.4, -0.2) is 13.9 Å². The van der Waals surface area contributed by atoms with Crippen LogP contribution in [0.3, 0.4) is 0 Å². The highest BCUT2D eigenvalue weighted by atomic mass is 32.2. The van der Waals surface area contributed by atoms with Crippen LogP contribution in [0.25, 0.3) is 0 Å². The smallest absolute Gasteiger partial charge is 0.376 e. The SMILES string of the molecule is Cc1ccc(CCCc2ccc(OS(=O)(=O)C(F)(F)F)c(C)c2)cc1C. The van der Waals surface area contributed by atoms with Crippen LogP contribution in [0.5, 0.6) is 5.75 Å². The van der Waals surface area contributed by atoms with E-state index in [-0.39, 0.29) is 5.75 Å². The number of aryl methyl sites for hydroxylation is 5. The maximum absolute atomic E-state index is 12.4. The summed E-state index contributed by atoms with van der Waals surface area (Å²) in [6.07, 6.45) is 2.50. The number of benzene rings is 2. The van der Waals surface area contributed by atoms with E-state index in [0.29, 0.717) is 5.56 Å². The van der Waals surface area contributed by atoms with Crippen molar-refractivity contribution in [1.29, 1.82) is 0 Å². The van der Waals surface area contributed by atoms with Gasteiger partial charge in [-0.3, -0.25) is 0 Å². The number of hydrogen-bond donors (Lipinski definition) is 0. The average Bonchev–Trinajstić information content (AvgIpc) is 2.52. The van der Waals surface area contributed by atoms with Crippen LogP contribution >= 0.6 is 0 Å². The first-order valence-electron chi connectivity index (χ1n) is 8.16. The van der Waals surface area contributed by atoms with Gasteiger partial charge in [-0.2, -0.15) is 21.6 Å². The normalized spacial score (nSPS) is 12.2. The van der Waals surface area contributed by atoms with Gasteiger partial charge in [-0.25, -0.2) is 0 Å². The Morgan fingerprint density at radius 3 is 1.88 bits per heavy atom. The molecule has 0 saturated carbocycles. The van der Waals surface area contributed by atoms with Crippen molar-refractivity contribution < 1.29 is 25.8 Å². The van der Waals surface area contributed by atoms with E-state index in [0.717, 1.165) is 24.8 Å². The molecule has 0 aliphatic carbocycles. The van der Waals surface area contributed by atoms with Crippen LogP contribution in [-0.2, 0) is 23.0 Å². The highest BCUT2D eigenvalue weighted by Gasteiger charge is 2.48. The van der Waals surface area contributed by atoms with Crippen LogP contribution in [0.15, 0.2) is 36.4 Å². The van der Waals surface area contributed by atoms with Crippen molar-refractivity contribution in [1.82, 2.24) is 0 Å². The van der Waals surface area contributed by atoms with E-state index in [4.69, 9.17) is 0 Å². The Morgan fingerprint density at radius 1 is 0.846 bits per heavy atom. The Kier molecular flexibility index (Phi) is 6.01. The Labute approximate surface area is 151 Å². The minimum absolute atomic E-state index is 0.305. The second-order valence-electron chi connectivity index (χ2n) is 6.36.